The van der Waals surface area contributed by atoms with E-state index in [1.54, 1.807) is 0 Å². The average molecular weight is 250 g/mol. The van der Waals surface area contributed by atoms with E-state index in [1.807, 2.05) is 45.0 Å². The maximum absolute atomic E-state index is 10.1. The van der Waals surface area contributed by atoms with Crippen LogP contribution in [0.2, 0.25) is 0 Å². The Hall–Kier alpha value is -0.900. The molecule has 0 saturated carbocycles. The van der Waals surface area contributed by atoms with Crippen molar-refractivity contribution in [3.8, 4) is 0 Å². The van der Waals surface area contributed by atoms with Crippen molar-refractivity contribution >= 4 is 0 Å². The van der Waals surface area contributed by atoms with E-state index in [9.17, 15) is 5.11 Å². The van der Waals surface area contributed by atoms with E-state index in [-0.39, 0.29) is 11.7 Å². The largest absolute Gasteiger partial charge is 0.386 e. The number of benzene rings is 1. The van der Waals surface area contributed by atoms with Gasteiger partial charge in [-0.05, 0) is 31.9 Å². The van der Waals surface area contributed by atoms with Crippen molar-refractivity contribution in [1.82, 2.24) is 0 Å². The summed E-state index contributed by atoms with van der Waals surface area (Å²) < 4.78 is 11.3. The molecule has 0 spiro atoms. The van der Waals surface area contributed by atoms with Crippen molar-refractivity contribution in [1.29, 1.82) is 0 Å². The fraction of sp³-hybridized carbons (Fsp3) is 0.600. The molecule has 0 heterocycles. The molecular weight excluding hydrogens is 228 g/mol. The Bertz CT molecular complexity index is 395. The standard InChI is InChI=1S/C15H22O3/c1-15(2,3)18-9-8-17-13-10-11-6-4-5-7-12(11)14(13)16/h4-7,13-14,16H,8-10H2,1-3H3. The first-order valence-corrected chi connectivity index (χ1v) is 6.49. The normalized spacial score (nSPS) is 23.1. The molecule has 2 atom stereocenters. The van der Waals surface area contributed by atoms with E-state index in [2.05, 4.69) is 0 Å². The Morgan fingerprint density at radius 1 is 1.22 bits per heavy atom. The van der Waals surface area contributed by atoms with Gasteiger partial charge >= 0.3 is 0 Å². The quantitative estimate of drug-likeness (QED) is 0.834. The maximum Gasteiger partial charge on any atom is 0.106 e. The molecule has 1 N–H and O–H groups in total. The van der Waals surface area contributed by atoms with Crippen molar-refractivity contribution < 1.29 is 14.6 Å². The number of rotatable bonds is 4. The molecule has 0 aromatic heterocycles. The van der Waals surface area contributed by atoms with Crippen molar-refractivity contribution in [2.45, 2.75) is 45.0 Å². The van der Waals surface area contributed by atoms with Crippen LogP contribution in [0.4, 0.5) is 0 Å². The van der Waals surface area contributed by atoms with Crippen LogP contribution in [0.5, 0.6) is 0 Å². The van der Waals surface area contributed by atoms with Crippen LogP contribution in [0.1, 0.15) is 38.0 Å². The molecule has 1 aromatic rings. The Balaban J connectivity index is 1.80. The molecule has 1 aliphatic rings. The predicted molar refractivity (Wildman–Crippen MR) is 70.6 cm³/mol. The van der Waals surface area contributed by atoms with Crippen LogP contribution < -0.4 is 0 Å². The first-order valence-electron chi connectivity index (χ1n) is 6.49. The van der Waals surface area contributed by atoms with Gasteiger partial charge in [0.2, 0.25) is 0 Å². The summed E-state index contributed by atoms with van der Waals surface area (Å²) in [5.74, 6) is 0. The molecular formula is C15H22O3. The molecule has 100 valence electrons. The summed E-state index contributed by atoms with van der Waals surface area (Å²) in [6.07, 6.45) is 0.147. The fourth-order valence-corrected chi connectivity index (χ4v) is 2.23. The van der Waals surface area contributed by atoms with Crippen molar-refractivity contribution in [2.24, 2.45) is 0 Å². The van der Waals surface area contributed by atoms with Crippen molar-refractivity contribution in [3.63, 3.8) is 0 Å². The maximum atomic E-state index is 10.1. The van der Waals surface area contributed by atoms with Gasteiger partial charge in [0.05, 0.1) is 24.9 Å². The monoisotopic (exact) mass is 250 g/mol. The number of hydrogen-bond donors (Lipinski definition) is 1. The molecule has 0 fully saturated rings. The summed E-state index contributed by atoms with van der Waals surface area (Å²) >= 11 is 0. The second-order valence-corrected chi connectivity index (χ2v) is 5.72. The second-order valence-electron chi connectivity index (χ2n) is 5.72. The number of aliphatic hydroxyl groups excluding tert-OH is 1. The number of aliphatic hydroxyl groups is 1. The van der Waals surface area contributed by atoms with Crippen LogP contribution in [0.25, 0.3) is 0 Å². The van der Waals surface area contributed by atoms with Gasteiger partial charge in [-0.3, -0.25) is 0 Å². The first kappa shape index (κ1) is 13.5. The summed E-state index contributed by atoms with van der Waals surface area (Å²) in [7, 11) is 0. The highest BCUT2D eigenvalue weighted by Crippen LogP contribution is 2.32. The molecule has 0 bridgehead atoms. The van der Waals surface area contributed by atoms with Crippen LogP contribution in [-0.4, -0.2) is 30.0 Å². The molecule has 0 saturated heterocycles. The van der Waals surface area contributed by atoms with E-state index in [0.29, 0.717) is 13.2 Å². The lowest BCUT2D eigenvalue weighted by molar-refractivity contribution is -0.0760. The van der Waals surface area contributed by atoms with Crippen molar-refractivity contribution in [3.05, 3.63) is 35.4 Å². The highest BCUT2D eigenvalue weighted by molar-refractivity contribution is 5.35. The van der Waals surface area contributed by atoms with Crippen molar-refractivity contribution in [2.75, 3.05) is 13.2 Å². The lowest BCUT2D eigenvalue weighted by Gasteiger charge is -2.21. The summed E-state index contributed by atoms with van der Waals surface area (Å²) in [5, 5.41) is 10.1. The van der Waals surface area contributed by atoms with Crippen LogP contribution >= 0.6 is 0 Å². The lowest BCUT2D eigenvalue weighted by atomic mass is 10.1. The zero-order chi connectivity index (χ0) is 13.2. The highest BCUT2D eigenvalue weighted by atomic mass is 16.5. The Labute approximate surface area is 109 Å². The number of fused-ring (bicyclic) bond motifs is 1. The van der Waals surface area contributed by atoms with E-state index in [4.69, 9.17) is 9.47 Å². The van der Waals surface area contributed by atoms with E-state index in [1.165, 1.54) is 5.56 Å². The minimum absolute atomic E-state index is 0.133. The summed E-state index contributed by atoms with van der Waals surface area (Å²) in [6, 6.07) is 7.96. The fourth-order valence-electron chi connectivity index (χ4n) is 2.23. The molecule has 2 rings (SSSR count). The third-order valence-corrected chi connectivity index (χ3v) is 3.10. The summed E-state index contributed by atoms with van der Waals surface area (Å²) in [5.41, 5.74) is 2.05. The predicted octanol–water partition coefficient (Wildman–Crippen LogP) is 2.48. The third kappa shape index (κ3) is 3.31. The van der Waals surface area contributed by atoms with Gasteiger partial charge in [0.1, 0.15) is 6.10 Å². The molecule has 2 unspecified atom stereocenters. The van der Waals surface area contributed by atoms with Gasteiger partial charge in [0, 0.05) is 6.42 Å². The highest BCUT2D eigenvalue weighted by Gasteiger charge is 2.31. The zero-order valence-electron chi connectivity index (χ0n) is 11.3. The minimum Gasteiger partial charge on any atom is -0.386 e. The Kier molecular flexibility index (Phi) is 4.05. The van der Waals surface area contributed by atoms with E-state index < -0.39 is 6.10 Å². The number of hydrogen-bond acceptors (Lipinski definition) is 3. The topological polar surface area (TPSA) is 38.7 Å². The minimum atomic E-state index is -0.504. The first-order chi connectivity index (χ1) is 8.47. The van der Waals surface area contributed by atoms with Gasteiger partial charge in [-0.15, -0.1) is 0 Å². The second kappa shape index (κ2) is 5.39. The Morgan fingerprint density at radius 2 is 1.94 bits per heavy atom. The molecule has 1 aliphatic carbocycles. The Morgan fingerprint density at radius 3 is 2.61 bits per heavy atom. The van der Waals surface area contributed by atoms with E-state index in [0.717, 1.165) is 12.0 Å². The van der Waals surface area contributed by atoms with Crippen LogP contribution in [0.3, 0.4) is 0 Å². The smallest absolute Gasteiger partial charge is 0.106 e. The third-order valence-electron chi connectivity index (χ3n) is 3.10. The van der Waals surface area contributed by atoms with E-state index >= 15 is 0 Å². The molecule has 0 radical (unpaired) electrons. The summed E-state index contributed by atoms with van der Waals surface area (Å²) in [4.78, 5) is 0. The molecule has 3 heteroatoms. The van der Waals surface area contributed by atoms with Gasteiger partial charge in [0.25, 0.3) is 0 Å². The summed E-state index contributed by atoms with van der Waals surface area (Å²) in [6.45, 7) is 7.14. The molecule has 0 aliphatic heterocycles. The molecule has 0 amide bonds. The van der Waals surface area contributed by atoms with Crippen LogP contribution in [-0.2, 0) is 15.9 Å². The molecule has 18 heavy (non-hydrogen) atoms. The lowest BCUT2D eigenvalue weighted by Crippen LogP contribution is -2.25. The van der Waals surface area contributed by atoms with Crippen LogP contribution in [0, 0.1) is 0 Å². The van der Waals surface area contributed by atoms with Crippen LogP contribution in [0.15, 0.2) is 24.3 Å². The van der Waals surface area contributed by atoms with Gasteiger partial charge in [0.15, 0.2) is 0 Å². The molecule has 3 nitrogen and oxygen atoms in total. The zero-order valence-corrected chi connectivity index (χ0v) is 11.3. The number of ether oxygens (including phenoxy) is 2. The SMILES string of the molecule is CC(C)(C)OCCOC1Cc2ccccc2C1O. The van der Waals surface area contributed by atoms with Gasteiger partial charge in [-0.2, -0.15) is 0 Å². The van der Waals surface area contributed by atoms with Gasteiger partial charge in [-0.25, -0.2) is 0 Å². The average Bonchev–Trinajstić information content (AvgIpc) is 2.62. The molecule has 1 aromatic carbocycles. The van der Waals surface area contributed by atoms with Gasteiger partial charge < -0.3 is 14.6 Å². The van der Waals surface area contributed by atoms with Gasteiger partial charge in [-0.1, -0.05) is 24.3 Å².